The molecular weight excluding hydrogens is 1250 g/mol. The number of nitrogens with zero attached hydrogens (tertiary/aromatic N) is 5. The Kier molecular flexibility index (Phi) is 34.4. The van der Waals surface area contributed by atoms with Gasteiger partial charge in [-0.2, -0.15) is 0 Å². The number of amides is 9. The highest BCUT2D eigenvalue weighted by Crippen LogP contribution is 2.13. The van der Waals surface area contributed by atoms with Gasteiger partial charge in [0.05, 0.1) is 37.7 Å². The van der Waals surface area contributed by atoms with Gasteiger partial charge in [-0.3, -0.25) is 43.2 Å². The van der Waals surface area contributed by atoms with Gasteiger partial charge in [0.2, 0.25) is 53.2 Å². The summed E-state index contributed by atoms with van der Waals surface area (Å²) in [5.74, 6) is -8.51. The Morgan fingerprint density at radius 1 is 0.302 bits per heavy atom. The van der Waals surface area contributed by atoms with Gasteiger partial charge >= 0.3 is 5.97 Å². The SMILES string of the molecule is NCCCC[C@H](NC(=O)[C@H](Cc1cnc[nH]1)NC(=O)[C@H](CCCCN)NC(=O)[C@H](Cc1cnc[nH]1)NC(=O)[C@H](CCCCN)NC(=O)[C@H](Cc1cnc[nH]1)NC(=O)[C@H](CCCCN)NC(=O)[C@H](Cc1cnc[nH]1)NC(=O)[C@@H](N)CCCCN)C(=O)N[C@@H](Cc1cnc[nH]1)C(=O)O. The number of aromatic amines is 5. The van der Waals surface area contributed by atoms with Gasteiger partial charge in [0.15, 0.2) is 0 Å². The van der Waals surface area contributed by atoms with E-state index in [1.165, 1.54) is 62.6 Å². The van der Waals surface area contributed by atoms with Gasteiger partial charge < -0.3 is 112 Å². The zero-order valence-corrected chi connectivity index (χ0v) is 54.0. The maximum Gasteiger partial charge on any atom is 0.326 e. The number of carboxylic acid groups (broad SMARTS) is 1. The lowest BCUT2D eigenvalue weighted by Crippen LogP contribution is -2.61. The molecule has 0 saturated carbocycles. The zero-order valence-electron chi connectivity index (χ0n) is 54.0. The van der Waals surface area contributed by atoms with Crippen LogP contribution in [0.25, 0.3) is 0 Å². The smallest absolute Gasteiger partial charge is 0.326 e. The summed E-state index contributed by atoms with van der Waals surface area (Å²) in [7, 11) is 0. The molecule has 0 aliphatic carbocycles. The van der Waals surface area contributed by atoms with Gasteiger partial charge in [0.1, 0.15) is 54.4 Å². The maximum absolute atomic E-state index is 14.8. The normalized spacial score (nSPS) is 14.4. The fraction of sp³-hybridized carbons (Fsp3) is 0.583. The van der Waals surface area contributed by atoms with Crippen LogP contribution in [0.15, 0.2) is 62.6 Å². The summed E-state index contributed by atoms with van der Waals surface area (Å²) in [6, 6.07) is -13.3. The van der Waals surface area contributed by atoms with Crippen LogP contribution in [0.2, 0.25) is 0 Å². The second kappa shape index (κ2) is 42.8. The quantitative estimate of drug-likeness (QED) is 0.0163. The van der Waals surface area contributed by atoms with E-state index in [9.17, 15) is 53.1 Å². The van der Waals surface area contributed by atoms with E-state index in [2.05, 4.69) is 97.7 Å². The minimum absolute atomic E-state index is 0.0132. The number of H-pyrrole nitrogens is 5. The molecule has 0 saturated heterocycles. The summed E-state index contributed by atoms with van der Waals surface area (Å²) < 4.78 is 0. The van der Waals surface area contributed by atoms with Gasteiger partial charge in [-0.1, -0.05) is 6.42 Å². The average molecular weight is 1340 g/mol. The van der Waals surface area contributed by atoms with E-state index in [1.54, 1.807) is 0 Å². The summed E-state index contributed by atoms with van der Waals surface area (Å²) in [4.78, 5) is 177. The Hall–Kier alpha value is -9.49. The van der Waals surface area contributed by atoms with E-state index in [1.807, 2.05) is 0 Å². The first-order valence-corrected chi connectivity index (χ1v) is 32.4. The third kappa shape index (κ3) is 27.5. The average Bonchev–Trinajstić information content (AvgIpc) is 1.10. The molecule has 0 aromatic carbocycles. The van der Waals surface area contributed by atoms with Crippen LogP contribution in [-0.2, 0) is 80.0 Å². The minimum Gasteiger partial charge on any atom is -0.480 e. The molecule has 5 aromatic rings. The first kappa shape index (κ1) is 77.2. The Morgan fingerprint density at radius 3 is 0.719 bits per heavy atom. The predicted octanol–water partition coefficient (Wildman–Crippen LogP) is -4.76. The van der Waals surface area contributed by atoms with Crippen LogP contribution in [0, 0.1) is 0 Å². The molecule has 9 amide bonds. The summed E-state index contributed by atoms with van der Waals surface area (Å²) in [5, 5.41) is 34.5. The first-order chi connectivity index (χ1) is 46.4. The standard InChI is InChI=1S/C60H97N25O11/c61-16-6-1-11-41(66)51(86)81-46(21-36-26-67-31-72-36)56(91)77-42(12-2-7-17-62)52(87)82-47(22-37-27-68-32-73-37)57(92)78-43(13-3-8-18-63)53(88)83-48(23-38-28-69-33-74-38)58(93)79-44(14-4-9-19-64)54(89)84-49(24-39-29-70-34-75-39)59(94)80-45(15-5-10-20-65)55(90)85-50(60(95)96)25-40-30-71-35-76-40/h26-35,41-50H,1-25,61-66H2,(H,67,72)(H,68,73)(H,69,74)(H,70,75)(H,71,76)(H,77,91)(H,78,92)(H,79,93)(H,80,94)(H,81,86)(H,82,87)(H,83,88)(H,84,89)(H,85,90)(H,95,96)/t41-,42-,43-,44-,45-,46-,47-,48-,49-,50-/m0/s1. The fourth-order valence-electron chi connectivity index (χ4n) is 10.3. The largest absolute Gasteiger partial charge is 0.480 e. The number of rotatable bonds is 49. The van der Waals surface area contributed by atoms with E-state index in [4.69, 9.17) is 34.4 Å². The number of carbonyl (C=O) groups excluding carboxylic acids is 9. The third-order valence-corrected chi connectivity index (χ3v) is 15.7. The molecule has 10 atom stereocenters. The third-order valence-electron chi connectivity index (χ3n) is 15.7. The Labute approximate surface area is 555 Å². The van der Waals surface area contributed by atoms with Crippen LogP contribution in [0.1, 0.15) is 125 Å². The number of carboxylic acids is 1. The highest BCUT2D eigenvalue weighted by Gasteiger charge is 2.37. The second-order valence-electron chi connectivity index (χ2n) is 23.3. The van der Waals surface area contributed by atoms with Crippen molar-refractivity contribution in [2.75, 3.05) is 32.7 Å². The number of hydrogen-bond donors (Lipinski definition) is 21. The molecule has 27 N–H and O–H groups in total. The molecule has 0 radical (unpaired) electrons. The predicted molar refractivity (Wildman–Crippen MR) is 349 cm³/mol. The van der Waals surface area contributed by atoms with Crippen molar-refractivity contribution in [3.05, 3.63) is 91.1 Å². The van der Waals surface area contributed by atoms with Crippen molar-refractivity contribution in [3.63, 3.8) is 0 Å². The highest BCUT2D eigenvalue weighted by atomic mass is 16.4. The summed E-state index contributed by atoms with van der Waals surface area (Å²) >= 11 is 0. The molecule has 0 aliphatic heterocycles. The van der Waals surface area contributed by atoms with Crippen molar-refractivity contribution in [1.82, 2.24) is 97.7 Å². The van der Waals surface area contributed by atoms with Crippen molar-refractivity contribution < 1.29 is 53.1 Å². The van der Waals surface area contributed by atoms with E-state index in [0.29, 0.717) is 106 Å². The molecule has 5 aromatic heterocycles. The van der Waals surface area contributed by atoms with Gasteiger partial charge in [0.25, 0.3) is 0 Å². The number of aromatic nitrogens is 10. The number of imidazole rings is 5. The molecule has 5 rings (SSSR count). The van der Waals surface area contributed by atoms with E-state index < -0.39 is 120 Å². The molecule has 528 valence electrons. The molecule has 96 heavy (non-hydrogen) atoms. The second-order valence-corrected chi connectivity index (χ2v) is 23.3. The van der Waals surface area contributed by atoms with Crippen molar-refractivity contribution >= 4 is 59.1 Å². The zero-order chi connectivity index (χ0) is 69.6. The van der Waals surface area contributed by atoms with Crippen LogP contribution < -0.4 is 82.3 Å². The van der Waals surface area contributed by atoms with Gasteiger partial charge in [-0.05, 0) is 123 Å². The molecule has 0 unspecified atom stereocenters. The fourth-order valence-corrected chi connectivity index (χ4v) is 10.3. The lowest BCUT2D eigenvalue weighted by molar-refractivity contribution is -0.142. The van der Waals surface area contributed by atoms with Crippen LogP contribution in [0.3, 0.4) is 0 Å². The minimum atomic E-state index is -1.47. The first-order valence-electron chi connectivity index (χ1n) is 32.4. The molecule has 0 fully saturated rings. The number of nitrogens with one attached hydrogen (secondary N) is 14. The molecular formula is C60H97N25O11. The van der Waals surface area contributed by atoms with Crippen LogP contribution in [0.5, 0.6) is 0 Å². The van der Waals surface area contributed by atoms with E-state index in [-0.39, 0.29) is 84.0 Å². The van der Waals surface area contributed by atoms with Crippen molar-refractivity contribution in [2.24, 2.45) is 34.4 Å². The summed E-state index contributed by atoms with van der Waals surface area (Å²) in [6.07, 6.45) is 17.9. The Morgan fingerprint density at radius 2 is 0.500 bits per heavy atom. The Balaban J connectivity index is 1.39. The van der Waals surface area contributed by atoms with Gasteiger partial charge in [0, 0.05) is 91.6 Å². The number of aliphatic carboxylic acids is 1. The molecule has 36 nitrogen and oxygen atoms in total. The number of hydrogen-bond acceptors (Lipinski definition) is 21. The maximum atomic E-state index is 14.8. The van der Waals surface area contributed by atoms with Crippen LogP contribution >= 0.6 is 0 Å². The van der Waals surface area contributed by atoms with Crippen molar-refractivity contribution in [1.29, 1.82) is 0 Å². The number of carbonyl (C=O) groups is 10. The molecule has 5 heterocycles. The lowest BCUT2D eigenvalue weighted by atomic mass is 10.0. The molecule has 36 heteroatoms. The van der Waals surface area contributed by atoms with Gasteiger partial charge in [-0.15, -0.1) is 0 Å². The highest BCUT2D eigenvalue weighted by molar-refractivity contribution is 5.98. The molecule has 0 aliphatic rings. The van der Waals surface area contributed by atoms with Crippen LogP contribution in [-0.4, -0.2) is 207 Å². The summed E-state index contributed by atoms with van der Waals surface area (Å²) in [5.41, 5.74) is 37.3. The van der Waals surface area contributed by atoms with Gasteiger partial charge in [-0.25, -0.2) is 29.7 Å². The number of unbranched alkanes of at least 4 members (excludes halogenated alkanes) is 5. The topological polar surface area (TPSA) is 599 Å². The van der Waals surface area contributed by atoms with E-state index >= 15 is 0 Å². The van der Waals surface area contributed by atoms with E-state index in [0.717, 1.165) is 0 Å². The van der Waals surface area contributed by atoms with Crippen molar-refractivity contribution in [3.8, 4) is 0 Å². The van der Waals surface area contributed by atoms with Crippen molar-refractivity contribution in [2.45, 2.75) is 189 Å². The number of nitrogens with two attached hydrogens (primary N) is 6. The lowest BCUT2D eigenvalue weighted by Gasteiger charge is -2.28. The van der Waals surface area contributed by atoms with Crippen LogP contribution in [0.4, 0.5) is 0 Å². The molecule has 0 bridgehead atoms. The monoisotopic (exact) mass is 1340 g/mol. The summed E-state index contributed by atoms with van der Waals surface area (Å²) in [6.45, 7) is 1.38. The molecule has 0 spiro atoms. The Bertz CT molecular complexity index is 3100.